The molecule has 0 saturated carbocycles. The molecule has 0 unspecified atom stereocenters. The minimum absolute atomic E-state index is 0.00894. The molecule has 21 heavy (non-hydrogen) atoms. The predicted octanol–water partition coefficient (Wildman–Crippen LogP) is 3.08. The van der Waals surface area contributed by atoms with E-state index in [0.717, 1.165) is 21.8 Å². The molecule has 3 aromatic rings. The minimum Gasteiger partial charge on any atom is -0.383 e. The summed E-state index contributed by atoms with van der Waals surface area (Å²) in [6, 6.07) is 9.95. The van der Waals surface area contributed by atoms with Gasteiger partial charge in [-0.15, -0.1) is 11.3 Å². The molecule has 0 amide bonds. The van der Waals surface area contributed by atoms with Crippen LogP contribution in [0.25, 0.3) is 21.3 Å². The van der Waals surface area contributed by atoms with Crippen LogP contribution in [0.1, 0.15) is 5.82 Å². The van der Waals surface area contributed by atoms with E-state index in [1.54, 1.807) is 11.7 Å². The number of aryl methyl sites for hydroxylation is 1. The molecule has 0 spiro atoms. The van der Waals surface area contributed by atoms with E-state index in [-0.39, 0.29) is 5.56 Å². The second kappa shape index (κ2) is 5.79. The van der Waals surface area contributed by atoms with E-state index in [4.69, 9.17) is 4.74 Å². The standard InChI is InChI=1S/C16H16N2O2S/c1-11-17-15-14(16(19)18(11)8-9-20-2)13(10-21-15)12-6-4-3-5-7-12/h3-7,10H,8-9H2,1-2H3. The van der Waals surface area contributed by atoms with E-state index >= 15 is 0 Å². The summed E-state index contributed by atoms with van der Waals surface area (Å²) in [6.45, 7) is 2.88. The van der Waals surface area contributed by atoms with Gasteiger partial charge in [0.2, 0.25) is 0 Å². The Morgan fingerprint density at radius 3 is 2.76 bits per heavy atom. The normalized spacial score (nSPS) is 11.1. The lowest BCUT2D eigenvalue weighted by Crippen LogP contribution is -2.25. The monoisotopic (exact) mass is 300 g/mol. The predicted molar refractivity (Wildman–Crippen MR) is 85.9 cm³/mol. The molecule has 0 aliphatic rings. The summed E-state index contributed by atoms with van der Waals surface area (Å²) >= 11 is 1.51. The lowest BCUT2D eigenvalue weighted by atomic mass is 10.1. The van der Waals surface area contributed by atoms with Gasteiger partial charge in [0.25, 0.3) is 5.56 Å². The Morgan fingerprint density at radius 1 is 1.29 bits per heavy atom. The summed E-state index contributed by atoms with van der Waals surface area (Å²) in [5.41, 5.74) is 2.01. The van der Waals surface area contributed by atoms with Crippen molar-refractivity contribution in [3.8, 4) is 11.1 Å². The first-order valence-electron chi connectivity index (χ1n) is 6.75. The second-order valence-electron chi connectivity index (χ2n) is 4.80. The van der Waals surface area contributed by atoms with Gasteiger partial charge >= 0.3 is 0 Å². The van der Waals surface area contributed by atoms with E-state index in [1.807, 2.05) is 42.6 Å². The summed E-state index contributed by atoms with van der Waals surface area (Å²) in [5, 5.41) is 2.71. The van der Waals surface area contributed by atoms with Gasteiger partial charge in [0, 0.05) is 18.1 Å². The van der Waals surface area contributed by atoms with Crippen LogP contribution in [0.5, 0.6) is 0 Å². The number of methoxy groups -OCH3 is 1. The Balaban J connectivity index is 2.23. The van der Waals surface area contributed by atoms with Gasteiger partial charge in [0.1, 0.15) is 10.7 Å². The van der Waals surface area contributed by atoms with Crippen molar-refractivity contribution in [1.82, 2.24) is 9.55 Å². The van der Waals surface area contributed by atoms with Crippen molar-refractivity contribution in [2.45, 2.75) is 13.5 Å². The zero-order valence-electron chi connectivity index (χ0n) is 12.0. The third-order valence-electron chi connectivity index (χ3n) is 3.49. The number of fused-ring (bicyclic) bond motifs is 1. The Labute approximate surface area is 126 Å². The van der Waals surface area contributed by atoms with Crippen LogP contribution in [0, 0.1) is 6.92 Å². The van der Waals surface area contributed by atoms with Crippen molar-refractivity contribution in [2.75, 3.05) is 13.7 Å². The van der Waals surface area contributed by atoms with E-state index in [9.17, 15) is 4.79 Å². The van der Waals surface area contributed by atoms with Crippen LogP contribution in [0.2, 0.25) is 0 Å². The average molecular weight is 300 g/mol. The van der Waals surface area contributed by atoms with Crippen molar-refractivity contribution in [2.24, 2.45) is 0 Å². The number of rotatable bonds is 4. The lowest BCUT2D eigenvalue weighted by molar-refractivity contribution is 0.185. The maximum absolute atomic E-state index is 12.8. The van der Waals surface area contributed by atoms with E-state index in [1.165, 1.54) is 11.3 Å². The van der Waals surface area contributed by atoms with Gasteiger partial charge in [-0.1, -0.05) is 30.3 Å². The quantitative estimate of drug-likeness (QED) is 0.744. The fourth-order valence-electron chi connectivity index (χ4n) is 2.40. The number of hydrogen-bond donors (Lipinski definition) is 0. The molecule has 0 bridgehead atoms. The summed E-state index contributed by atoms with van der Waals surface area (Å²) in [5.74, 6) is 0.728. The number of ether oxygens (including phenoxy) is 1. The summed E-state index contributed by atoms with van der Waals surface area (Å²) in [7, 11) is 1.63. The van der Waals surface area contributed by atoms with Crippen LogP contribution in [0.4, 0.5) is 0 Å². The summed E-state index contributed by atoms with van der Waals surface area (Å²) in [6.07, 6.45) is 0. The van der Waals surface area contributed by atoms with Gasteiger partial charge in [0.15, 0.2) is 0 Å². The molecule has 2 heterocycles. The maximum Gasteiger partial charge on any atom is 0.262 e. The Hall–Kier alpha value is -1.98. The molecule has 0 radical (unpaired) electrons. The molecule has 5 heteroatoms. The number of aromatic nitrogens is 2. The zero-order valence-corrected chi connectivity index (χ0v) is 12.8. The highest BCUT2D eigenvalue weighted by molar-refractivity contribution is 7.17. The van der Waals surface area contributed by atoms with Crippen molar-refractivity contribution in [3.05, 3.63) is 51.9 Å². The number of benzene rings is 1. The Morgan fingerprint density at radius 2 is 2.05 bits per heavy atom. The SMILES string of the molecule is COCCn1c(C)nc2scc(-c3ccccc3)c2c1=O. The number of hydrogen-bond acceptors (Lipinski definition) is 4. The molecule has 4 nitrogen and oxygen atoms in total. The highest BCUT2D eigenvalue weighted by Crippen LogP contribution is 2.30. The van der Waals surface area contributed by atoms with Gasteiger partial charge in [-0.3, -0.25) is 9.36 Å². The van der Waals surface area contributed by atoms with Gasteiger partial charge in [-0.25, -0.2) is 4.98 Å². The molecule has 0 saturated heterocycles. The van der Waals surface area contributed by atoms with E-state index < -0.39 is 0 Å². The smallest absolute Gasteiger partial charge is 0.262 e. The molecule has 0 aliphatic heterocycles. The van der Waals surface area contributed by atoms with Gasteiger partial charge in [-0.05, 0) is 12.5 Å². The highest BCUT2D eigenvalue weighted by Gasteiger charge is 2.14. The molecule has 1 aromatic carbocycles. The second-order valence-corrected chi connectivity index (χ2v) is 5.66. The molecular formula is C16H16N2O2S. The van der Waals surface area contributed by atoms with Crippen LogP contribution in [0.3, 0.4) is 0 Å². The first kappa shape index (κ1) is 14.0. The number of thiophene rings is 1. The zero-order chi connectivity index (χ0) is 14.8. The lowest BCUT2D eigenvalue weighted by Gasteiger charge is -2.09. The highest BCUT2D eigenvalue weighted by atomic mass is 32.1. The summed E-state index contributed by atoms with van der Waals surface area (Å²) < 4.78 is 6.76. The largest absolute Gasteiger partial charge is 0.383 e. The number of nitrogens with zero attached hydrogens (tertiary/aromatic N) is 2. The molecule has 0 aliphatic carbocycles. The maximum atomic E-state index is 12.8. The summed E-state index contributed by atoms with van der Waals surface area (Å²) in [4.78, 5) is 18.1. The van der Waals surface area contributed by atoms with Crippen LogP contribution >= 0.6 is 11.3 Å². The van der Waals surface area contributed by atoms with E-state index in [0.29, 0.717) is 18.5 Å². The first-order chi connectivity index (χ1) is 10.2. The molecule has 0 atom stereocenters. The van der Waals surface area contributed by atoms with Crippen molar-refractivity contribution in [1.29, 1.82) is 0 Å². The van der Waals surface area contributed by atoms with Crippen LogP contribution in [-0.4, -0.2) is 23.3 Å². The van der Waals surface area contributed by atoms with Gasteiger partial charge < -0.3 is 4.74 Å². The topological polar surface area (TPSA) is 44.1 Å². The molecular weight excluding hydrogens is 284 g/mol. The molecule has 108 valence electrons. The van der Waals surface area contributed by atoms with Crippen LogP contribution in [-0.2, 0) is 11.3 Å². The minimum atomic E-state index is 0.00894. The average Bonchev–Trinajstić information content (AvgIpc) is 2.92. The van der Waals surface area contributed by atoms with Crippen molar-refractivity contribution < 1.29 is 4.74 Å². The van der Waals surface area contributed by atoms with Crippen molar-refractivity contribution in [3.63, 3.8) is 0 Å². The molecule has 2 aromatic heterocycles. The van der Waals surface area contributed by atoms with Gasteiger partial charge in [-0.2, -0.15) is 0 Å². The molecule has 0 fully saturated rings. The first-order valence-corrected chi connectivity index (χ1v) is 7.63. The Kier molecular flexibility index (Phi) is 3.86. The third-order valence-corrected chi connectivity index (χ3v) is 4.36. The van der Waals surface area contributed by atoms with Gasteiger partial charge in [0.05, 0.1) is 18.5 Å². The fraction of sp³-hybridized carbons (Fsp3) is 0.250. The van der Waals surface area contributed by atoms with Crippen LogP contribution in [0.15, 0.2) is 40.5 Å². The molecule has 0 N–H and O–H groups in total. The van der Waals surface area contributed by atoms with Crippen molar-refractivity contribution >= 4 is 21.6 Å². The Bertz CT molecular complexity index is 821. The van der Waals surface area contributed by atoms with E-state index in [2.05, 4.69) is 4.98 Å². The molecule has 3 rings (SSSR count). The fourth-order valence-corrected chi connectivity index (χ4v) is 3.39. The van der Waals surface area contributed by atoms with Crippen LogP contribution < -0.4 is 5.56 Å². The third kappa shape index (κ3) is 2.50.